The Morgan fingerprint density at radius 1 is 0.500 bits per heavy atom. The summed E-state index contributed by atoms with van der Waals surface area (Å²) in [6.45, 7) is 29.6. The van der Waals surface area contributed by atoms with Crippen LogP contribution in [0.4, 0.5) is 17.6 Å². The molecule has 0 aliphatic heterocycles. The second kappa shape index (κ2) is 22.2. The van der Waals surface area contributed by atoms with Crippen LogP contribution in [0.3, 0.4) is 0 Å². The summed E-state index contributed by atoms with van der Waals surface area (Å²) >= 11 is 0. The highest BCUT2D eigenvalue weighted by molar-refractivity contribution is 4.92. The molecule has 0 aromatic rings. The van der Waals surface area contributed by atoms with Crippen LogP contribution in [-0.2, 0) is 0 Å². The van der Waals surface area contributed by atoms with E-state index in [1.54, 1.807) is 20.8 Å². The van der Waals surface area contributed by atoms with Crippen molar-refractivity contribution in [1.82, 2.24) is 0 Å². The maximum Gasteiger partial charge on any atom is 0.111 e. The van der Waals surface area contributed by atoms with E-state index in [1.807, 2.05) is 0 Å². The van der Waals surface area contributed by atoms with Gasteiger partial charge >= 0.3 is 0 Å². The molecule has 0 spiro atoms. The molecule has 5 saturated carbocycles. The second-order valence-electron chi connectivity index (χ2n) is 20.5. The van der Waals surface area contributed by atoms with E-state index in [9.17, 15) is 17.6 Å². The molecule has 0 nitrogen and oxygen atoms in total. The van der Waals surface area contributed by atoms with Gasteiger partial charge in [-0.2, -0.15) is 0 Å². The molecule has 0 amide bonds. The monoisotopic (exact) mass is 719 g/mol. The Morgan fingerprint density at radius 2 is 0.900 bits per heavy atom. The van der Waals surface area contributed by atoms with Crippen LogP contribution < -0.4 is 0 Å². The van der Waals surface area contributed by atoms with E-state index >= 15 is 0 Å². The van der Waals surface area contributed by atoms with Gasteiger partial charge in [-0.3, -0.25) is 0 Å². The predicted octanol–water partition coefficient (Wildman–Crippen LogP) is 16.5. The summed E-state index contributed by atoms with van der Waals surface area (Å²) in [6.07, 6.45) is 17.5. The van der Waals surface area contributed by atoms with Crippen molar-refractivity contribution in [2.45, 2.75) is 236 Å². The highest BCUT2D eigenvalue weighted by atomic mass is 19.2. The lowest BCUT2D eigenvalue weighted by atomic mass is 9.68. The standard InChI is InChI=1S/C10H19F.C10H20.C9H17F.2C8H15F.CH4/c1-8(2)9-4-6-10(3,11)7-5-9;1-8(2)10-6-4-9(3)5-7-10;1-7(2)4-8-5-9(3,10)6-8;1-6(2)7-4-8(3,9)5-7;1-7(2)6-8(9)4-3-5-8;/h8-9H,4-7H2,1-3H3;8-10H,4-7H2,1-3H3;7-8H,4-6H2,1-3H3;6-7H,4-5H2,1-3H3;7H,3-6H2,1-2H3;1H4. The van der Waals surface area contributed by atoms with Crippen LogP contribution in [0.25, 0.3) is 0 Å². The van der Waals surface area contributed by atoms with Crippen LogP contribution >= 0.6 is 0 Å². The third kappa shape index (κ3) is 20.8. The van der Waals surface area contributed by atoms with E-state index in [2.05, 4.69) is 76.2 Å². The maximum absolute atomic E-state index is 13.3. The van der Waals surface area contributed by atoms with E-state index in [1.165, 1.54) is 32.1 Å². The molecular weight excluding hydrogens is 628 g/mol. The van der Waals surface area contributed by atoms with Crippen LogP contribution in [-0.4, -0.2) is 22.7 Å². The van der Waals surface area contributed by atoms with Crippen molar-refractivity contribution in [3.63, 3.8) is 0 Å². The fourth-order valence-corrected chi connectivity index (χ4v) is 8.84. The Balaban J connectivity index is 0.000000598. The third-order valence-electron chi connectivity index (χ3n) is 12.6. The average molecular weight is 719 g/mol. The molecule has 50 heavy (non-hydrogen) atoms. The molecule has 0 aromatic carbocycles. The quantitative estimate of drug-likeness (QED) is 0.230. The molecular formula is C46H90F4. The van der Waals surface area contributed by atoms with Crippen LogP contribution in [0.1, 0.15) is 214 Å². The van der Waals surface area contributed by atoms with E-state index in [4.69, 9.17) is 0 Å². The lowest BCUT2D eigenvalue weighted by Crippen LogP contribution is -2.39. The van der Waals surface area contributed by atoms with Gasteiger partial charge in [0.05, 0.1) is 0 Å². The summed E-state index contributed by atoms with van der Waals surface area (Å²) in [7, 11) is 0. The zero-order valence-electron chi connectivity index (χ0n) is 35.3. The van der Waals surface area contributed by atoms with Gasteiger partial charge in [-0.25, -0.2) is 17.6 Å². The SMILES string of the molecule is C.CC(C)C1CC(C)(F)C1.CC(C)C1CCC(C)(F)CC1.CC(C)CC1(F)CCC1.CC(C)CC1CC(C)(F)C1.CC1CCC(C(C)C)CC1. The first kappa shape index (κ1) is 49.7. The van der Waals surface area contributed by atoms with Gasteiger partial charge in [-0.05, 0) is 176 Å². The third-order valence-corrected chi connectivity index (χ3v) is 12.6. The predicted molar refractivity (Wildman–Crippen MR) is 215 cm³/mol. The summed E-state index contributed by atoms with van der Waals surface area (Å²) in [5.41, 5.74) is -3.26. The van der Waals surface area contributed by atoms with Gasteiger partial charge in [0.25, 0.3) is 0 Å². The van der Waals surface area contributed by atoms with Crippen LogP contribution in [0.5, 0.6) is 0 Å². The minimum Gasteiger partial charge on any atom is -0.244 e. The van der Waals surface area contributed by atoms with Gasteiger partial charge in [0.1, 0.15) is 22.7 Å². The summed E-state index contributed by atoms with van der Waals surface area (Å²) in [5, 5.41) is 0. The van der Waals surface area contributed by atoms with Gasteiger partial charge in [0, 0.05) is 0 Å². The second-order valence-corrected chi connectivity index (χ2v) is 20.5. The lowest BCUT2D eigenvalue weighted by Gasteiger charge is -2.41. The minimum absolute atomic E-state index is 0. The summed E-state index contributed by atoms with van der Waals surface area (Å²) in [4.78, 5) is 0. The maximum atomic E-state index is 13.3. The molecule has 0 radical (unpaired) electrons. The summed E-state index contributed by atoms with van der Waals surface area (Å²) in [6, 6.07) is 0. The van der Waals surface area contributed by atoms with E-state index in [-0.39, 0.29) is 7.43 Å². The van der Waals surface area contributed by atoms with Crippen molar-refractivity contribution in [2.24, 2.45) is 59.2 Å². The smallest absolute Gasteiger partial charge is 0.111 e. The highest BCUT2D eigenvalue weighted by Gasteiger charge is 2.42. The Morgan fingerprint density at radius 3 is 1.16 bits per heavy atom. The first-order valence-corrected chi connectivity index (χ1v) is 21.1. The van der Waals surface area contributed by atoms with Gasteiger partial charge in [0.15, 0.2) is 0 Å². The number of alkyl halides is 4. The molecule has 0 N–H and O–H groups in total. The van der Waals surface area contributed by atoms with Crippen LogP contribution in [0.2, 0.25) is 0 Å². The topological polar surface area (TPSA) is 0 Å². The Bertz CT molecular complexity index is 829. The van der Waals surface area contributed by atoms with Crippen molar-refractivity contribution in [1.29, 1.82) is 0 Å². The molecule has 5 fully saturated rings. The molecule has 0 heterocycles. The van der Waals surface area contributed by atoms with Crippen LogP contribution in [0, 0.1) is 59.2 Å². The Labute approximate surface area is 312 Å². The molecule has 0 unspecified atom stereocenters. The molecule has 0 saturated heterocycles. The molecule has 0 aromatic heterocycles. The Kier molecular flexibility index (Phi) is 22.1. The zero-order valence-corrected chi connectivity index (χ0v) is 35.3. The van der Waals surface area contributed by atoms with Gasteiger partial charge in [-0.15, -0.1) is 0 Å². The molecule has 5 aliphatic carbocycles. The molecule has 5 rings (SSSR count). The normalized spacial score (nSPS) is 35.7. The summed E-state index contributed by atoms with van der Waals surface area (Å²) in [5.74, 6) is 7.75. The van der Waals surface area contributed by atoms with Crippen molar-refractivity contribution >= 4 is 0 Å². The highest BCUT2D eigenvalue weighted by Crippen LogP contribution is 2.45. The van der Waals surface area contributed by atoms with Crippen molar-refractivity contribution in [3.8, 4) is 0 Å². The molecule has 0 bridgehead atoms. The van der Waals surface area contributed by atoms with E-state index in [0.29, 0.717) is 23.7 Å². The van der Waals surface area contributed by atoms with Gasteiger partial charge in [-0.1, -0.05) is 96.4 Å². The number of hydrogen-bond donors (Lipinski definition) is 0. The van der Waals surface area contributed by atoms with E-state index in [0.717, 1.165) is 113 Å². The summed E-state index contributed by atoms with van der Waals surface area (Å²) < 4.78 is 52.2. The molecule has 5 aliphatic rings. The number of halogens is 4. The zero-order chi connectivity index (χ0) is 37.8. The number of hydrogen-bond acceptors (Lipinski definition) is 0. The van der Waals surface area contributed by atoms with Crippen molar-refractivity contribution < 1.29 is 17.6 Å². The molecule has 302 valence electrons. The molecule has 4 heteroatoms. The van der Waals surface area contributed by atoms with E-state index < -0.39 is 22.7 Å². The minimum atomic E-state index is -0.856. The van der Waals surface area contributed by atoms with Gasteiger partial charge in [0.2, 0.25) is 0 Å². The van der Waals surface area contributed by atoms with Crippen molar-refractivity contribution in [2.75, 3.05) is 0 Å². The lowest BCUT2D eigenvalue weighted by molar-refractivity contribution is 0.00283. The van der Waals surface area contributed by atoms with Crippen LogP contribution in [0.15, 0.2) is 0 Å². The number of rotatable bonds is 7. The first-order valence-electron chi connectivity index (χ1n) is 21.1. The van der Waals surface area contributed by atoms with Crippen molar-refractivity contribution in [3.05, 3.63) is 0 Å². The first-order chi connectivity index (χ1) is 22.3. The molecule has 0 atom stereocenters. The average Bonchev–Trinajstić information content (AvgIpc) is 2.90. The van der Waals surface area contributed by atoms with Gasteiger partial charge < -0.3 is 0 Å². The Hall–Kier alpha value is -0.280. The largest absolute Gasteiger partial charge is 0.244 e. The fourth-order valence-electron chi connectivity index (χ4n) is 8.84. The fraction of sp³-hybridized carbons (Fsp3) is 1.00.